The highest BCUT2D eigenvalue weighted by Crippen LogP contribution is 2.49. The Kier molecular flexibility index (Phi) is 8.18. The molecule has 1 heterocycles. The highest BCUT2D eigenvalue weighted by molar-refractivity contribution is 6.22. The van der Waals surface area contributed by atoms with Gasteiger partial charge in [0.15, 0.2) is 0 Å². The third-order valence-electron chi connectivity index (χ3n) is 11.5. The highest BCUT2D eigenvalue weighted by atomic mass is 15.2. The first-order valence-electron chi connectivity index (χ1n) is 19.5. The Morgan fingerprint density at radius 2 is 0.964 bits per heavy atom. The molecular formula is C53H42N2. The van der Waals surface area contributed by atoms with Crippen molar-refractivity contribution in [1.82, 2.24) is 0 Å². The summed E-state index contributed by atoms with van der Waals surface area (Å²) in [5.41, 5.74) is 13.6. The van der Waals surface area contributed by atoms with E-state index in [-0.39, 0.29) is 0 Å². The average molecular weight is 707 g/mol. The van der Waals surface area contributed by atoms with Crippen LogP contribution in [0.2, 0.25) is 0 Å². The zero-order valence-corrected chi connectivity index (χ0v) is 31.2. The quantitative estimate of drug-likeness (QED) is 0.152. The number of para-hydroxylation sites is 1. The van der Waals surface area contributed by atoms with Crippen molar-refractivity contribution < 1.29 is 0 Å². The van der Waals surface area contributed by atoms with Crippen LogP contribution in [0.4, 0.5) is 22.7 Å². The minimum atomic E-state index is 0.343. The second-order valence-corrected chi connectivity index (χ2v) is 15.0. The maximum Gasteiger partial charge on any atom is 0.0583 e. The molecule has 0 aromatic heterocycles. The third kappa shape index (κ3) is 5.65. The average Bonchev–Trinajstić information content (AvgIpc) is 3.58. The summed E-state index contributed by atoms with van der Waals surface area (Å²) in [7, 11) is 0. The van der Waals surface area contributed by atoms with E-state index >= 15 is 0 Å². The zero-order chi connectivity index (χ0) is 36.9. The number of nitrogens with zero attached hydrogens (tertiary/aromatic N) is 2. The van der Waals surface area contributed by atoms with E-state index in [4.69, 9.17) is 0 Å². The fourth-order valence-electron chi connectivity index (χ4n) is 9.13. The molecule has 0 bridgehead atoms. The van der Waals surface area contributed by atoms with Gasteiger partial charge in [-0.1, -0.05) is 152 Å². The van der Waals surface area contributed by atoms with Crippen molar-refractivity contribution >= 4 is 44.3 Å². The summed E-state index contributed by atoms with van der Waals surface area (Å²) in [5.74, 6) is 0.343. The SMILES string of the molecule is CC(C)N1c2ccc(N(c3ccccc3)c3ccc(-c4ccc5c(-c6ccccc6)c6ccccc6c(-c6ccccc6)c5c4)cc3)cc2C2C=CC=CC21. The lowest BCUT2D eigenvalue weighted by molar-refractivity contribution is 0.610. The normalized spacial score (nSPS) is 15.8. The Hall–Kier alpha value is -6.64. The predicted molar refractivity (Wildman–Crippen MR) is 235 cm³/mol. The molecule has 8 aromatic carbocycles. The Balaban J connectivity index is 1.10. The number of allylic oxidation sites excluding steroid dienone is 2. The molecule has 2 atom stereocenters. The van der Waals surface area contributed by atoms with Crippen molar-refractivity contribution in [3.63, 3.8) is 0 Å². The van der Waals surface area contributed by atoms with Crippen LogP contribution in [0.1, 0.15) is 25.3 Å². The van der Waals surface area contributed by atoms with Crippen LogP contribution < -0.4 is 9.80 Å². The minimum Gasteiger partial charge on any atom is -0.361 e. The van der Waals surface area contributed by atoms with Crippen LogP contribution in [0.25, 0.3) is 54.9 Å². The van der Waals surface area contributed by atoms with Crippen LogP contribution in [0, 0.1) is 0 Å². The van der Waals surface area contributed by atoms with Gasteiger partial charge < -0.3 is 9.80 Å². The van der Waals surface area contributed by atoms with Gasteiger partial charge in [0, 0.05) is 34.7 Å². The molecule has 0 spiro atoms. The van der Waals surface area contributed by atoms with Crippen LogP contribution in [0.5, 0.6) is 0 Å². The van der Waals surface area contributed by atoms with Gasteiger partial charge in [-0.3, -0.25) is 0 Å². The van der Waals surface area contributed by atoms with Gasteiger partial charge in [-0.2, -0.15) is 0 Å². The van der Waals surface area contributed by atoms with Gasteiger partial charge in [-0.05, 0) is 123 Å². The molecule has 8 aromatic rings. The van der Waals surface area contributed by atoms with Gasteiger partial charge in [-0.25, -0.2) is 0 Å². The lowest BCUT2D eigenvalue weighted by Crippen LogP contribution is -2.38. The maximum absolute atomic E-state index is 2.57. The van der Waals surface area contributed by atoms with Crippen molar-refractivity contribution in [3.8, 4) is 33.4 Å². The number of hydrogen-bond acceptors (Lipinski definition) is 2. The van der Waals surface area contributed by atoms with Gasteiger partial charge in [0.25, 0.3) is 0 Å². The molecule has 2 nitrogen and oxygen atoms in total. The van der Waals surface area contributed by atoms with Gasteiger partial charge in [0.2, 0.25) is 0 Å². The number of hydrogen-bond donors (Lipinski definition) is 0. The van der Waals surface area contributed by atoms with Crippen LogP contribution >= 0.6 is 0 Å². The van der Waals surface area contributed by atoms with Crippen LogP contribution in [0.15, 0.2) is 200 Å². The van der Waals surface area contributed by atoms with Crippen molar-refractivity contribution in [2.24, 2.45) is 0 Å². The molecule has 0 N–H and O–H groups in total. The van der Waals surface area contributed by atoms with Crippen molar-refractivity contribution in [3.05, 3.63) is 206 Å². The Morgan fingerprint density at radius 1 is 0.436 bits per heavy atom. The fourth-order valence-corrected chi connectivity index (χ4v) is 9.13. The van der Waals surface area contributed by atoms with E-state index in [1.165, 1.54) is 71.9 Å². The molecule has 1 aliphatic carbocycles. The Labute approximate surface area is 323 Å². The standard InChI is InChI=1S/C53H42N2/c1-36(2)54-50-25-15-14-22-44(50)48-35-43(31-33-51(48)54)55(41-20-10-5-11-21-41)42-29-26-37(27-30-42)40-28-32-47-49(34-40)53(39-18-8-4-9-19-39)46-24-13-12-23-45(46)52(47)38-16-6-3-7-17-38/h3-36,44,50H,1-2H3. The van der Waals surface area contributed by atoms with Gasteiger partial charge in [-0.15, -0.1) is 0 Å². The Bertz CT molecular complexity index is 2730. The number of benzene rings is 8. The summed E-state index contributed by atoms with van der Waals surface area (Å²) in [6, 6.07) is 65.3. The fraction of sp³-hybridized carbons (Fsp3) is 0.0943. The van der Waals surface area contributed by atoms with Crippen molar-refractivity contribution in [1.29, 1.82) is 0 Å². The lowest BCUT2D eigenvalue weighted by atomic mass is 9.85. The molecule has 0 amide bonds. The summed E-state index contributed by atoms with van der Waals surface area (Å²) in [6.07, 6.45) is 9.13. The molecule has 2 heteroatoms. The van der Waals surface area contributed by atoms with Crippen LogP contribution in [-0.2, 0) is 0 Å². The molecule has 10 rings (SSSR count). The van der Waals surface area contributed by atoms with E-state index in [1.807, 2.05) is 0 Å². The van der Waals surface area contributed by atoms with E-state index in [0.29, 0.717) is 18.0 Å². The first-order valence-corrected chi connectivity index (χ1v) is 19.5. The largest absolute Gasteiger partial charge is 0.361 e. The first-order chi connectivity index (χ1) is 27.1. The summed E-state index contributed by atoms with van der Waals surface area (Å²) >= 11 is 0. The van der Waals surface area contributed by atoms with E-state index in [0.717, 1.165) is 11.4 Å². The summed E-state index contributed by atoms with van der Waals surface area (Å²) in [4.78, 5) is 4.97. The molecular weight excluding hydrogens is 665 g/mol. The number of anilines is 4. The number of fused-ring (bicyclic) bond motifs is 5. The second-order valence-electron chi connectivity index (χ2n) is 15.0. The zero-order valence-electron chi connectivity index (χ0n) is 31.2. The molecule has 0 fully saturated rings. The molecule has 0 saturated heterocycles. The van der Waals surface area contributed by atoms with Gasteiger partial charge in [0.1, 0.15) is 0 Å². The third-order valence-corrected chi connectivity index (χ3v) is 11.5. The Morgan fingerprint density at radius 3 is 1.62 bits per heavy atom. The summed E-state index contributed by atoms with van der Waals surface area (Å²) < 4.78 is 0. The van der Waals surface area contributed by atoms with Crippen LogP contribution in [-0.4, -0.2) is 12.1 Å². The predicted octanol–water partition coefficient (Wildman–Crippen LogP) is 14.3. The van der Waals surface area contributed by atoms with Crippen molar-refractivity contribution in [2.45, 2.75) is 31.8 Å². The summed E-state index contributed by atoms with van der Waals surface area (Å²) in [5, 5.41) is 5.06. The second kappa shape index (κ2) is 13.6. The molecule has 55 heavy (non-hydrogen) atoms. The van der Waals surface area contributed by atoms with Crippen LogP contribution in [0.3, 0.4) is 0 Å². The van der Waals surface area contributed by atoms with Gasteiger partial charge in [0.05, 0.1) is 6.04 Å². The monoisotopic (exact) mass is 706 g/mol. The first kappa shape index (κ1) is 33.0. The van der Waals surface area contributed by atoms with E-state index in [2.05, 4.69) is 224 Å². The highest BCUT2D eigenvalue weighted by Gasteiger charge is 2.38. The minimum absolute atomic E-state index is 0.343. The van der Waals surface area contributed by atoms with E-state index in [1.54, 1.807) is 0 Å². The molecule has 2 aliphatic rings. The van der Waals surface area contributed by atoms with E-state index in [9.17, 15) is 0 Å². The lowest BCUT2D eigenvalue weighted by Gasteiger charge is -2.32. The topological polar surface area (TPSA) is 6.48 Å². The summed E-state index contributed by atoms with van der Waals surface area (Å²) in [6.45, 7) is 4.60. The van der Waals surface area contributed by atoms with E-state index < -0.39 is 0 Å². The molecule has 264 valence electrons. The molecule has 0 radical (unpaired) electrons. The molecule has 1 aliphatic heterocycles. The molecule has 0 saturated carbocycles. The van der Waals surface area contributed by atoms with Gasteiger partial charge >= 0.3 is 0 Å². The maximum atomic E-state index is 2.57. The van der Waals surface area contributed by atoms with Crippen molar-refractivity contribution in [2.75, 3.05) is 9.80 Å². The smallest absolute Gasteiger partial charge is 0.0583 e. The number of rotatable bonds is 7. The molecule has 2 unspecified atom stereocenters.